The van der Waals surface area contributed by atoms with Crippen molar-refractivity contribution in [2.24, 2.45) is 0 Å². The molecule has 122 valence electrons. The summed E-state index contributed by atoms with van der Waals surface area (Å²) in [6, 6.07) is 9.95. The zero-order chi connectivity index (χ0) is 16.9. The second-order valence-electron chi connectivity index (χ2n) is 5.23. The fraction of sp³-hybridized carbons (Fsp3) is 0.0714. The minimum absolute atomic E-state index is 0.186. The summed E-state index contributed by atoms with van der Waals surface area (Å²) >= 11 is 1.17. The molecular weight excluding hydrogens is 350 g/mol. The number of rotatable bonds is 3. The van der Waals surface area contributed by atoms with E-state index >= 15 is 0 Å². The molecule has 0 fully saturated rings. The van der Waals surface area contributed by atoms with Gasteiger partial charge in [-0.3, -0.25) is 4.55 Å². The highest BCUT2D eigenvalue weighted by Gasteiger charge is 2.13. The maximum absolute atomic E-state index is 11.2. The molecule has 0 spiro atoms. The lowest BCUT2D eigenvalue weighted by molar-refractivity contribution is 0.483. The summed E-state index contributed by atoms with van der Waals surface area (Å²) in [7, 11) is -4.25. The number of nitrogens with zero attached hydrogens (tertiary/aromatic N) is 4. The van der Waals surface area contributed by atoms with E-state index in [0.717, 1.165) is 16.6 Å². The van der Waals surface area contributed by atoms with Crippen LogP contribution in [0.2, 0.25) is 0 Å². The molecular formula is C14H11N5O3S2. The Hall–Kier alpha value is -2.43. The van der Waals surface area contributed by atoms with E-state index in [1.165, 1.54) is 34.3 Å². The number of benzene rings is 2. The van der Waals surface area contributed by atoms with E-state index in [4.69, 9.17) is 4.55 Å². The van der Waals surface area contributed by atoms with E-state index < -0.39 is 10.1 Å². The van der Waals surface area contributed by atoms with Gasteiger partial charge in [0.05, 0.1) is 27.9 Å². The van der Waals surface area contributed by atoms with E-state index in [0.29, 0.717) is 16.2 Å². The number of H-pyrrole nitrogens is 1. The smallest absolute Gasteiger partial charge is 0.294 e. The van der Waals surface area contributed by atoms with Gasteiger partial charge in [-0.25, -0.2) is 4.98 Å². The van der Waals surface area contributed by atoms with Crippen molar-refractivity contribution in [1.29, 1.82) is 0 Å². The summed E-state index contributed by atoms with van der Waals surface area (Å²) in [6.07, 6.45) is 0. The Morgan fingerprint density at radius 3 is 2.62 bits per heavy atom. The van der Waals surface area contributed by atoms with Crippen LogP contribution >= 0.6 is 11.9 Å². The lowest BCUT2D eigenvalue weighted by atomic mass is 10.2. The van der Waals surface area contributed by atoms with Gasteiger partial charge in [0.1, 0.15) is 11.0 Å². The van der Waals surface area contributed by atoms with Crippen molar-refractivity contribution in [2.45, 2.75) is 17.0 Å². The number of aromatic amines is 1. The highest BCUT2D eigenvalue weighted by molar-refractivity contribution is 7.97. The Bertz CT molecular complexity index is 1180. The van der Waals surface area contributed by atoms with Crippen LogP contribution in [0.25, 0.3) is 22.1 Å². The van der Waals surface area contributed by atoms with Crippen molar-refractivity contribution < 1.29 is 13.0 Å². The molecule has 24 heavy (non-hydrogen) atoms. The van der Waals surface area contributed by atoms with Gasteiger partial charge < -0.3 is 4.98 Å². The van der Waals surface area contributed by atoms with Crippen molar-refractivity contribution in [3.05, 3.63) is 42.0 Å². The first-order chi connectivity index (χ1) is 11.4. The molecule has 0 unspecified atom stereocenters. The van der Waals surface area contributed by atoms with E-state index in [1.807, 2.05) is 25.1 Å². The van der Waals surface area contributed by atoms with E-state index in [-0.39, 0.29) is 4.90 Å². The van der Waals surface area contributed by atoms with E-state index in [9.17, 15) is 8.42 Å². The topological polar surface area (TPSA) is 114 Å². The molecule has 0 atom stereocenters. The molecule has 0 aliphatic rings. The molecule has 0 aliphatic heterocycles. The quantitative estimate of drug-likeness (QED) is 0.539. The number of imidazole rings is 1. The molecule has 0 radical (unpaired) electrons. The largest absolute Gasteiger partial charge is 0.331 e. The Kier molecular flexibility index (Phi) is 3.34. The number of nitrogens with one attached hydrogen (secondary N) is 1. The van der Waals surface area contributed by atoms with Gasteiger partial charge in [-0.05, 0) is 42.8 Å². The molecule has 8 nitrogen and oxygen atoms in total. The summed E-state index contributed by atoms with van der Waals surface area (Å²) in [6.45, 7) is 1.98. The molecule has 2 heterocycles. The first-order valence-electron chi connectivity index (χ1n) is 6.88. The number of hydrogen-bond donors (Lipinski definition) is 2. The van der Waals surface area contributed by atoms with E-state index in [1.54, 1.807) is 0 Å². The lowest BCUT2D eigenvalue weighted by Crippen LogP contribution is -1.97. The monoisotopic (exact) mass is 361 g/mol. The van der Waals surface area contributed by atoms with Gasteiger partial charge in [-0.2, -0.15) is 8.42 Å². The van der Waals surface area contributed by atoms with Gasteiger partial charge in [-0.15, -0.1) is 14.4 Å². The number of fused-ring (bicyclic) bond motifs is 2. The van der Waals surface area contributed by atoms with Gasteiger partial charge in [0.15, 0.2) is 5.16 Å². The Morgan fingerprint density at radius 2 is 1.83 bits per heavy atom. The molecule has 2 aromatic carbocycles. The summed E-state index contributed by atoms with van der Waals surface area (Å²) in [5.74, 6) is 0. The van der Waals surface area contributed by atoms with Crippen LogP contribution in [0.1, 0.15) is 5.56 Å². The van der Waals surface area contributed by atoms with Crippen molar-refractivity contribution in [3.63, 3.8) is 0 Å². The third kappa shape index (κ3) is 2.75. The summed E-state index contributed by atoms with van der Waals surface area (Å²) in [5.41, 5.74) is 3.74. The predicted molar refractivity (Wildman–Crippen MR) is 89.4 cm³/mol. The number of aryl methyl sites for hydroxylation is 1. The van der Waals surface area contributed by atoms with Crippen LogP contribution in [0, 0.1) is 6.92 Å². The maximum Gasteiger partial charge on any atom is 0.294 e. The fourth-order valence-corrected chi connectivity index (χ4v) is 3.51. The molecule has 2 N–H and O–H groups in total. The first kappa shape index (κ1) is 15.1. The zero-order valence-corrected chi connectivity index (χ0v) is 14.0. The van der Waals surface area contributed by atoms with Gasteiger partial charge in [0, 0.05) is 0 Å². The third-order valence-electron chi connectivity index (χ3n) is 3.42. The van der Waals surface area contributed by atoms with Gasteiger partial charge in [0.2, 0.25) is 0 Å². The normalized spacial score (nSPS) is 12.2. The number of aromatic nitrogens is 5. The van der Waals surface area contributed by atoms with Crippen LogP contribution in [0.4, 0.5) is 0 Å². The van der Waals surface area contributed by atoms with Crippen LogP contribution in [-0.2, 0) is 10.1 Å². The maximum atomic E-state index is 11.2. The SMILES string of the molecule is Cc1ccc2nn(Sc3nc4ccc(S(=O)(=O)O)cc4[nH]3)nc2c1. The average Bonchev–Trinajstić information content (AvgIpc) is 3.07. The highest BCUT2D eigenvalue weighted by atomic mass is 32.2. The van der Waals surface area contributed by atoms with Gasteiger partial charge in [-0.1, -0.05) is 6.07 Å². The molecule has 0 aliphatic carbocycles. The molecule has 0 saturated heterocycles. The molecule has 0 saturated carbocycles. The standard InChI is InChI=1S/C14H11N5O3S2/c1-8-2-4-11-13(6-8)18-19(17-11)23-14-15-10-5-3-9(24(20,21)22)7-12(10)16-14/h2-7H,1H3,(H,15,16)(H,20,21,22). The molecule has 4 rings (SSSR count). The summed E-state index contributed by atoms with van der Waals surface area (Å²) in [5, 5.41) is 9.23. The van der Waals surface area contributed by atoms with Crippen molar-refractivity contribution in [2.75, 3.05) is 0 Å². The third-order valence-corrected chi connectivity index (χ3v) is 4.96. The van der Waals surface area contributed by atoms with Crippen LogP contribution in [0.15, 0.2) is 46.5 Å². The average molecular weight is 361 g/mol. The molecule has 0 amide bonds. The fourth-order valence-electron chi connectivity index (χ4n) is 2.29. The molecule has 0 bridgehead atoms. The van der Waals surface area contributed by atoms with Crippen LogP contribution < -0.4 is 0 Å². The van der Waals surface area contributed by atoms with Crippen LogP contribution in [-0.4, -0.2) is 37.3 Å². The highest BCUT2D eigenvalue weighted by Crippen LogP contribution is 2.23. The minimum Gasteiger partial charge on any atom is -0.331 e. The van der Waals surface area contributed by atoms with Crippen molar-refractivity contribution in [3.8, 4) is 0 Å². The second-order valence-corrected chi connectivity index (χ2v) is 7.55. The Balaban J connectivity index is 1.70. The van der Waals surface area contributed by atoms with Gasteiger partial charge in [0.25, 0.3) is 10.1 Å². The Morgan fingerprint density at radius 1 is 1.08 bits per heavy atom. The molecule has 2 aromatic heterocycles. The van der Waals surface area contributed by atoms with Crippen molar-refractivity contribution in [1.82, 2.24) is 24.4 Å². The predicted octanol–water partition coefficient (Wildman–Crippen LogP) is 2.42. The molecule has 4 aromatic rings. The molecule has 10 heteroatoms. The first-order valence-corrected chi connectivity index (χ1v) is 9.09. The lowest BCUT2D eigenvalue weighted by Gasteiger charge is -1.95. The van der Waals surface area contributed by atoms with Crippen molar-refractivity contribution >= 4 is 44.1 Å². The van der Waals surface area contributed by atoms with Gasteiger partial charge >= 0.3 is 0 Å². The Labute approximate surface area is 140 Å². The van der Waals surface area contributed by atoms with Crippen LogP contribution in [0.5, 0.6) is 0 Å². The van der Waals surface area contributed by atoms with E-state index in [2.05, 4.69) is 20.2 Å². The van der Waals surface area contributed by atoms with Crippen LogP contribution in [0.3, 0.4) is 0 Å². The summed E-state index contributed by atoms with van der Waals surface area (Å²) < 4.78 is 32.9. The zero-order valence-electron chi connectivity index (χ0n) is 12.3. The second kappa shape index (κ2) is 5.30. The minimum atomic E-state index is -4.25. The number of hydrogen-bond acceptors (Lipinski definition) is 6. The summed E-state index contributed by atoms with van der Waals surface area (Å²) in [4.78, 5) is 7.15.